The maximum atomic E-state index is 6.26. The molecule has 3 N–H and O–H groups in total. The molecule has 5 nitrogen and oxygen atoms in total. The lowest BCUT2D eigenvalue weighted by atomic mass is 10.0. The van der Waals surface area contributed by atoms with Crippen molar-refractivity contribution in [2.24, 2.45) is 7.05 Å². The van der Waals surface area contributed by atoms with Gasteiger partial charge in [0.25, 0.3) is 0 Å². The molecule has 0 atom stereocenters. The van der Waals surface area contributed by atoms with Crippen LogP contribution in [0.2, 0.25) is 10.0 Å². The van der Waals surface area contributed by atoms with E-state index in [4.69, 9.17) is 28.9 Å². The normalized spacial score (nSPS) is 10.9. The van der Waals surface area contributed by atoms with Gasteiger partial charge in [-0.1, -0.05) is 29.3 Å². The van der Waals surface area contributed by atoms with Crippen LogP contribution >= 0.6 is 23.2 Å². The first-order valence-electron chi connectivity index (χ1n) is 5.85. The van der Waals surface area contributed by atoms with E-state index in [1.807, 2.05) is 23.9 Å². The van der Waals surface area contributed by atoms with E-state index in [0.717, 1.165) is 22.6 Å². The number of hydrogen-bond acceptors (Lipinski definition) is 3. The third-order valence-electron chi connectivity index (χ3n) is 3.04. The molecule has 3 aromatic rings. The van der Waals surface area contributed by atoms with Crippen LogP contribution in [0.3, 0.4) is 0 Å². The van der Waals surface area contributed by atoms with Gasteiger partial charge in [-0.25, -0.2) is 4.98 Å². The maximum Gasteiger partial charge on any atom is 0.158 e. The van der Waals surface area contributed by atoms with Crippen LogP contribution in [-0.4, -0.2) is 19.7 Å². The molecule has 0 bridgehead atoms. The van der Waals surface area contributed by atoms with Gasteiger partial charge in [-0.15, -0.1) is 0 Å². The van der Waals surface area contributed by atoms with Crippen molar-refractivity contribution in [2.75, 3.05) is 5.73 Å². The van der Waals surface area contributed by atoms with Crippen LogP contribution < -0.4 is 5.73 Å². The van der Waals surface area contributed by atoms with Crippen molar-refractivity contribution >= 4 is 29.0 Å². The predicted octanol–water partition coefficient (Wildman–Crippen LogP) is 3.37. The molecule has 0 saturated carbocycles. The Hall–Kier alpha value is -1.98. The zero-order chi connectivity index (χ0) is 14.3. The van der Waals surface area contributed by atoms with Crippen LogP contribution in [0.25, 0.3) is 22.6 Å². The Kier molecular flexibility index (Phi) is 3.16. The maximum absolute atomic E-state index is 6.26. The van der Waals surface area contributed by atoms with Gasteiger partial charge in [0.05, 0.1) is 10.6 Å². The molecule has 3 rings (SSSR count). The van der Waals surface area contributed by atoms with Crippen LogP contribution in [0.1, 0.15) is 0 Å². The van der Waals surface area contributed by atoms with Crippen molar-refractivity contribution in [3.8, 4) is 22.6 Å². The molecular weight excluding hydrogens is 297 g/mol. The van der Waals surface area contributed by atoms with Gasteiger partial charge < -0.3 is 10.3 Å². The summed E-state index contributed by atoms with van der Waals surface area (Å²) in [7, 11) is 1.90. The molecule has 7 heteroatoms. The lowest BCUT2D eigenvalue weighted by Crippen LogP contribution is -1.94. The number of nitrogen functional groups attached to an aromatic ring is 1. The van der Waals surface area contributed by atoms with Crippen LogP contribution in [0, 0.1) is 0 Å². The minimum Gasteiger partial charge on any atom is -0.382 e. The van der Waals surface area contributed by atoms with E-state index in [2.05, 4.69) is 15.2 Å². The van der Waals surface area contributed by atoms with Crippen LogP contribution in [0.4, 0.5) is 5.82 Å². The number of halogens is 2. The Morgan fingerprint density at radius 1 is 1.30 bits per heavy atom. The third kappa shape index (κ3) is 2.05. The Morgan fingerprint density at radius 2 is 2.10 bits per heavy atom. The number of aryl methyl sites for hydroxylation is 1. The summed E-state index contributed by atoms with van der Waals surface area (Å²) in [6.45, 7) is 0. The van der Waals surface area contributed by atoms with Gasteiger partial charge in [-0.2, -0.15) is 5.10 Å². The van der Waals surface area contributed by atoms with E-state index in [0.29, 0.717) is 15.9 Å². The first-order chi connectivity index (χ1) is 9.58. The summed E-state index contributed by atoms with van der Waals surface area (Å²) < 4.78 is 1.88. The Balaban J connectivity index is 2.24. The summed E-state index contributed by atoms with van der Waals surface area (Å²) >= 11 is 12.2. The molecule has 2 aromatic heterocycles. The number of rotatable bonds is 2. The summed E-state index contributed by atoms with van der Waals surface area (Å²) in [5.41, 5.74) is 8.17. The lowest BCUT2D eigenvalue weighted by molar-refractivity contribution is 0.914. The Bertz CT molecular complexity index is 775. The third-order valence-corrected chi connectivity index (χ3v) is 3.59. The Labute approximate surface area is 125 Å². The second-order valence-corrected chi connectivity index (χ2v) is 5.19. The van der Waals surface area contributed by atoms with Crippen LogP contribution in [-0.2, 0) is 7.05 Å². The van der Waals surface area contributed by atoms with Gasteiger partial charge in [-0.05, 0) is 12.1 Å². The summed E-state index contributed by atoms with van der Waals surface area (Å²) in [6, 6.07) is 5.25. The average Bonchev–Trinajstić information content (AvgIpc) is 2.96. The number of aromatic nitrogens is 4. The van der Waals surface area contributed by atoms with Crippen LogP contribution in [0.15, 0.2) is 30.6 Å². The van der Waals surface area contributed by atoms with Crippen molar-refractivity contribution in [1.29, 1.82) is 0 Å². The molecule has 0 radical (unpaired) electrons. The van der Waals surface area contributed by atoms with Gasteiger partial charge in [0.1, 0.15) is 5.69 Å². The number of anilines is 1. The van der Waals surface area contributed by atoms with E-state index in [1.54, 1.807) is 18.3 Å². The Morgan fingerprint density at radius 3 is 2.75 bits per heavy atom. The topological polar surface area (TPSA) is 72.5 Å². The highest BCUT2D eigenvalue weighted by Crippen LogP contribution is 2.38. The van der Waals surface area contributed by atoms with E-state index < -0.39 is 0 Å². The number of H-pyrrole nitrogens is 1. The number of nitrogens with zero attached hydrogens (tertiary/aromatic N) is 3. The largest absolute Gasteiger partial charge is 0.382 e. The zero-order valence-electron chi connectivity index (χ0n) is 10.6. The summed E-state index contributed by atoms with van der Waals surface area (Å²) in [4.78, 5) is 4.30. The molecule has 0 spiro atoms. The first kappa shape index (κ1) is 13.0. The van der Waals surface area contributed by atoms with Gasteiger partial charge in [0, 0.05) is 30.0 Å². The van der Waals surface area contributed by atoms with Gasteiger partial charge in [0.2, 0.25) is 0 Å². The summed E-state index contributed by atoms with van der Waals surface area (Å²) in [5, 5.41) is 8.05. The van der Waals surface area contributed by atoms with Crippen molar-refractivity contribution in [2.45, 2.75) is 0 Å². The second kappa shape index (κ2) is 4.85. The first-order valence-corrected chi connectivity index (χ1v) is 6.60. The number of nitrogens with one attached hydrogen (secondary N) is 1. The molecule has 2 heterocycles. The second-order valence-electron chi connectivity index (χ2n) is 4.34. The number of hydrogen-bond donors (Lipinski definition) is 2. The van der Waals surface area contributed by atoms with E-state index in [-0.39, 0.29) is 0 Å². The minimum absolute atomic E-state index is 0.368. The van der Waals surface area contributed by atoms with Gasteiger partial charge >= 0.3 is 0 Å². The fraction of sp³-hybridized carbons (Fsp3) is 0.0769. The highest BCUT2D eigenvalue weighted by Gasteiger charge is 2.19. The molecule has 1 aromatic carbocycles. The highest BCUT2D eigenvalue weighted by atomic mass is 35.5. The van der Waals surface area contributed by atoms with Crippen molar-refractivity contribution in [1.82, 2.24) is 19.7 Å². The number of benzene rings is 1. The predicted molar refractivity (Wildman–Crippen MR) is 80.7 cm³/mol. The molecule has 0 amide bonds. The van der Waals surface area contributed by atoms with Gasteiger partial charge in [0.15, 0.2) is 11.6 Å². The molecule has 0 fully saturated rings. The molecule has 0 unspecified atom stereocenters. The van der Waals surface area contributed by atoms with E-state index >= 15 is 0 Å². The van der Waals surface area contributed by atoms with Gasteiger partial charge in [-0.3, -0.25) is 5.10 Å². The lowest BCUT2D eigenvalue weighted by Gasteiger charge is -2.07. The molecule has 20 heavy (non-hydrogen) atoms. The number of aromatic amines is 1. The highest BCUT2D eigenvalue weighted by molar-refractivity contribution is 6.36. The molecule has 0 saturated heterocycles. The molecule has 0 aliphatic heterocycles. The molecule has 0 aliphatic rings. The van der Waals surface area contributed by atoms with Crippen LogP contribution in [0.5, 0.6) is 0 Å². The summed E-state index contributed by atoms with van der Waals surface area (Å²) in [6.07, 6.45) is 3.55. The fourth-order valence-corrected chi connectivity index (χ4v) is 2.59. The zero-order valence-corrected chi connectivity index (χ0v) is 12.1. The van der Waals surface area contributed by atoms with E-state index in [1.165, 1.54) is 0 Å². The van der Waals surface area contributed by atoms with Crippen molar-refractivity contribution in [3.05, 3.63) is 40.6 Å². The van der Waals surface area contributed by atoms with Crippen molar-refractivity contribution < 1.29 is 0 Å². The molecular formula is C13H11Cl2N5. The average molecular weight is 308 g/mol. The molecule has 0 aliphatic carbocycles. The standard InChI is InChI=1S/C13H11Cl2N5/c1-20-5-4-17-13(20)11-10(12(16)19-18-11)8-3-2-7(14)6-9(8)15/h2-6H,1H3,(H3,16,18,19). The molecule has 102 valence electrons. The number of nitrogens with two attached hydrogens (primary N) is 1. The summed E-state index contributed by atoms with van der Waals surface area (Å²) in [5.74, 6) is 1.10. The number of imidazole rings is 1. The smallest absolute Gasteiger partial charge is 0.158 e. The SMILES string of the molecule is Cn1ccnc1-c1[nH]nc(N)c1-c1ccc(Cl)cc1Cl. The van der Waals surface area contributed by atoms with Crippen molar-refractivity contribution in [3.63, 3.8) is 0 Å². The monoisotopic (exact) mass is 307 g/mol. The quantitative estimate of drug-likeness (QED) is 0.762. The fourth-order valence-electron chi connectivity index (χ4n) is 2.09. The van der Waals surface area contributed by atoms with E-state index in [9.17, 15) is 0 Å². The minimum atomic E-state index is 0.368.